The van der Waals surface area contributed by atoms with E-state index in [1.807, 2.05) is 11.9 Å². The van der Waals surface area contributed by atoms with Crippen LogP contribution < -0.4 is 5.32 Å². The molecule has 28 heavy (non-hydrogen) atoms. The molecule has 0 aromatic heterocycles. The quantitative estimate of drug-likeness (QED) is 0.767. The van der Waals surface area contributed by atoms with Crippen LogP contribution in [0.25, 0.3) is 0 Å². The second kappa shape index (κ2) is 6.07. The highest BCUT2D eigenvalue weighted by Gasteiger charge is 2.63. The average Bonchev–Trinajstić information content (AvgIpc) is 3.37. The van der Waals surface area contributed by atoms with Crippen molar-refractivity contribution in [3.05, 3.63) is 11.8 Å². The van der Waals surface area contributed by atoms with E-state index in [1.54, 1.807) is 0 Å². The van der Waals surface area contributed by atoms with Gasteiger partial charge in [0.05, 0.1) is 6.10 Å². The van der Waals surface area contributed by atoms with Crippen LogP contribution in [0.4, 0.5) is 0 Å². The van der Waals surface area contributed by atoms with Crippen LogP contribution in [0.1, 0.15) is 65.2 Å². The molecule has 1 saturated heterocycles. The van der Waals surface area contributed by atoms with Gasteiger partial charge < -0.3 is 15.3 Å². The van der Waals surface area contributed by atoms with Crippen molar-refractivity contribution in [2.75, 3.05) is 7.05 Å². The smallest absolute Gasteiger partial charge is 0.226 e. The first kappa shape index (κ1) is 18.7. The van der Waals surface area contributed by atoms with Gasteiger partial charge in [0.2, 0.25) is 11.8 Å². The molecule has 5 rings (SSSR count). The maximum atomic E-state index is 12.9. The van der Waals surface area contributed by atoms with Crippen molar-refractivity contribution in [2.45, 2.75) is 77.4 Å². The predicted octanol–water partition coefficient (Wildman–Crippen LogP) is 2.84. The van der Waals surface area contributed by atoms with Crippen LogP contribution in [0.15, 0.2) is 11.8 Å². The molecule has 1 aliphatic heterocycles. The number of allylic oxidation sites excluding steroid dienone is 2. The molecular weight excluding hydrogens is 352 g/mol. The Morgan fingerprint density at radius 2 is 2.00 bits per heavy atom. The highest BCUT2D eigenvalue weighted by atomic mass is 16.3. The van der Waals surface area contributed by atoms with Crippen molar-refractivity contribution >= 4 is 11.8 Å². The van der Waals surface area contributed by atoms with Crippen LogP contribution in [-0.2, 0) is 9.59 Å². The van der Waals surface area contributed by atoms with Gasteiger partial charge in [-0.15, -0.1) is 0 Å². The molecular formula is C23H34N2O3. The van der Waals surface area contributed by atoms with Crippen LogP contribution >= 0.6 is 0 Å². The minimum Gasteiger partial charge on any atom is -0.393 e. The number of hydrogen-bond donors (Lipinski definition) is 2. The fourth-order valence-corrected chi connectivity index (χ4v) is 7.68. The van der Waals surface area contributed by atoms with Gasteiger partial charge in [-0.1, -0.05) is 19.9 Å². The molecule has 4 fully saturated rings. The Kier molecular flexibility index (Phi) is 4.04. The van der Waals surface area contributed by atoms with Crippen molar-refractivity contribution in [1.82, 2.24) is 10.2 Å². The molecule has 5 aliphatic rings. The van der Waals surface area contributed by atoms with Gasteiger partial charge in [0, 0.05) is 36.5 Å². The maximum Gasteiger partial charge on any atom is 0.226 e. The second-order valence-electron chi connectivity index (χ2n) is 10.7. The molecule has 2 amide bonds. The zero-order chi connectivity index (χ0) is 19.8. The largest absolute Gasteiger partial charge is 0.393 e. The Balaban J connectivity index is 1.46. The molecule has 0 bridgehead atoms. The number of amides is 2. The van der Waals surface area contributed by atoms with E-state index in [4.69, 9.17) is 0 Å². The highest BCUT2D eigenvalue weighted by molar-refractivity contribution is 5.81. The molecule has 154 valence electrons. The molecule has 5 heteroatoms. The normalized spacial score (nSPS) is 47.7. The summed E-state index contributed by atoms with van der Waals surface area (Å²) in [5.41, 5.74) is 0.867. The molecule has 2 N–H and O–H groups in total. The summed E-state index contributed by atoms with van der Waals surface area (Å²) >= 11 is 0. The Bertz CT molecular complexity index is 744. The molecule has 0 radical (unpaired) electrons. The Hall–Kier alpha value is -1.36. The minimum atomic E-state index is -0.407. The number of hydrogen-bond acceptors (Lipinski definition) is 3. The van der Waals surface area contributed by atoms with Gasteiger partial charge in [0.25, 0.3) is 0 Å². The average molecular weight is 387 g/mol. The van der Waals surface area contributed by atoms with Crippen LogP contribution in [-0.4, -0.2) is 41.0 Å². The molecule has 0 aromatic rings. The van der Waals surface area contributed by atoms with Crippen LogP contribution in [0.2, 0.25) is 0 Å². The summed E-state index contributed by atoms with van der Waals surface area (Å²) in [6.07, 6.45) is 9.15. The van der Waals surface area contributed by atoms with E-state index in [-0.39, 0.29) is 34.5 Å². The third-order valence-corrected chi connectivity index (χ3v) is 9.19. The molecule has 0 aromatic carbocycles. The SMILES string of the molecule is CN1C(=O)CC[C@@]2(C)C1=CCC1C2[C@@H](O)C[C@@]2(C)C1CC[C@@H]2C(=O)NC1CC1. The van der Waals surface area contributed by atoms with Crippen LogP contribution in [0.3, 0.4) is 0 Å². The topological polar surface area (TPSA) is 69.6 Å². The second-order valence-corrected chi connectivity index (χ2v) is 10.7. The van der Waals surface area contributed by atoms with E-state index in [2.05, 4.69) is 25.2 Å². The summed E-state index contributed by atoms with van der Waals surface area (Å²) in [4.78, 5) is 27.0. The van der Waals surface area contributed by atoms with Gasteiger partial charge in [-0.05, 0) is 68.1 Å². The van der Waals surface area contributed by atoms with E-state index in [0.29, 0.717) is 30.7 Å². The number of rotatable bonds is 2. The van der Waals surface area contributed by atoms with Gasteiger partial charge in [-0.25, -0.2) is 0 Å². The molecule has 0 spiro atoms. The van der Waals surface area contributed by atoms with Crippen molar-refractivity contribution < 1.29 is 14.7 Å². The summed E-state index contributed by atoms with van der Waals surface area (Å²) in [7, 11) is 1.89. The standard InChI is InChI=1S/C23H34N2O3/c1-22-11-10-19(27)25(3)18(22)9-6-14-15-7-8-16(21(28)24-13-4-5-13)23(15,2)12-17(26)20(14)22/h9,13-17,20,26H,4-8,10-12H2,1-3H3,(H,24,28)/t14?,15?,16-,17+,20?,22+,23+/m1/s1. The number of carbonyl (C=O) groups excluding carboxylic acids is 2. The number of aliphatic hydroxyl groups is 1. The zero-order valence-electron chi connectivity index (χ0n) is 17.4. The number of fused-ring (bicyclic) bond motifs is 5. The molecule has 7 atom stereocenters. The lowest BCUT2D eigenvalue weighted by Gasteiger charge is -2.59. The van der Waals surface area contributed by atoms with Crippen molar-refractivity contribution in [1.29, 1.82) is 0 Å². The van der Waals surface area contributed by atoms with Crippen molar-refractivity contribution in [3.8, 4) is 0 Å². The van der Waals surface area contributed by atoms with Gasteiger partial charge in [-0.3, -0.25) is 9.59 Å². The first-order valence-corrected chi connectivity index (χ1v) is 11.2. The van der Waals surface area contributed by atoms with Crippen molar-refractivity contribution in [3.63, 3.8) is 0 Å². The lowest BCUT2D eigenvalue weighted by Crippen LogP contribution is -2.59. The first-order chi connectivity index (χ1) is 13.3. The molecule has 5 nitrogen and oxygen atoms in total. The number of nitrogens with one attached hydrogen (secondary N) is 1. The number of carbonyl (C=O) groups is 2. The number of aliphatic hydroxyl groups excluding tert-OH is 1. The first-order valence-electron chi connectivity index (χ1n) is 11.2. The predicted molar refractivity (Wildman–Crippen MR) is 106 cm³/mol. The summed E-state index contributed by atoms with van der Waals surface area (Å²) < 4.78 is 0. The van der Waals surface area contributed by atoms with Crippen LogP contribution in [0, 0.1) is 34.5 Å². The number of likely N-dealkylation sites (tertiary alicyclic amines) is 1. The van der Waals surface area contributed by atoms with Gasteiger partial charge in [0.15, 0.2) is 0 Å². The third kappa shape index (κ3) is 2.47. The van der Waals surface area contributed by atoms with Crippen molar-refractivity contribution in [2.24, 2.45) is 34.5 Å². The minimum absolute atomic E-state index is 0.0301. The van der Waals surface area contributed by atoms with Gasteiger partial charge in [-0.2, -0.15) is 0 Å². The Morgan fingerprint density at radius 1 is 1.25 bits per heavy atom. The summed E-state index contributed by atoms with van der Waals surface area (Å²) in [6, 6.07) is 0.394. The Morgan fingerprint density at radius 3 is 2.71 bits per heavy atom. The number of piperidine rings is 1. The van der Waals surface area contributed by atoms with E-state index in [0.717, 1.165) is 44.2 Å². The van der Waals surface area contributed by atoms with E-state index < -0.39 is 6.10 Å². The zero-order valence-corrected chi connectivity index (χ0v) is 17.4. The van der Waals surface area contributed by atoms with Crippen LogP contribution in [0.5, 0.6) is 0 Å². The fraction of sp³-hybridized carbons (Fsp3) is 0.826. The molecule has 1 heterocycles. The fourth-order valence-electron chi connectivity index (χ4n) is 7.68. The Labute approximate surface area is 167 Å². The molecule has 3 unspecified atom stereocenters. The number of nitrogens with zero attached hydrogens (tertiary/aromatic N) is 1. The lowest BCUT2D eigenvalue weighted by atomic mass is 9.48. The summed E-state index contributed by atoms with van der Waals surface area (Å²) in [5, 5.41) is 14.6. The molecule has 3 saturated carbocycles. The molecule has 4 aliphatic carbocycles. The summed E-state index contributed by atoms with van der Waals surface area (Å²) in [6.45, 7) is 4.52. The lowest BCUT2D eigenvalue weighted by molar-refractivity contribution is -0.151. The maximum absolute atomic E-state index is 12.9. The van der Waals surface area contributed by atoms with E-state index in [9.17, 15) is 14.7 Å². The van der Waals surface area contributed by atoms with E-state index >= 15 is 0 Å². The highest BCUT2D eigenvalue weighted by Crippen LogP contribution is 2.65. The summed E-state index contributed by atoms with van der Waals surface area (Å²) in [5.74, 6) is 1.51. The van der Waals surface area contributed by atoms with Gasteiger partial charge in [0.1, 0.15) is 0 Å². The third-order valence-electron chi connectivity index (χ3n) is 9.19. The monoisotopic (exact) mass is 386 g/mol. The van der Waals surface area contributed by atoms with Gasteiger partial charge >= 0.3 is 0 Å². The van der Waals surface area contributed by atoms with E-state index in [1.165, 1.54) is 0 Å².